The molecular weight excluding hydrogens is 340 g/mol. The zero-order valence-electron chi connectivity index (χ0n) is 19.0. The molecule has 0 saturated heterocycles. The van der Waals surface area contributed by atoms with Gasteiger partial charge in [-0.3, -0.25) is 0 Å². The second kappa shape index (κ2) is 7.93. The van der Waals surface area contributed by atoms with Crippen LogP contribution in [-0.2, 0) is 0 Å². The average Bonchev–Trinajstić information content (AvgIpc) is 3.04. The van der Waals surface area contributed by atoms with Crippen molar-refractivity contribution in [1.82, 2.24) is 0 Å². The predicted molar refractivity (Wildman–Crippen MR) is 119 cm³/mol. The minimum absolute atomic E-state index is 0.348. The third kappa shape index (κ3) is 3.34. The van der Waals surface area contributed by atoms with E-state index in [0.717, 1.165) is 23.7 Å². The number of aliphatic hydroxyl groups excluding tert-OH is 1. The number of allylic oxidation sites excluding steroid dienone is 4. The first-order valence-corrected chi connectivity index (χ1v) is 12.4. The van der Waals surface area contributed by atoms with E-state index in [2.05, 4.69) is 39.8 Å². The zero-order chi connectivity index (χ0) is 19.9. The molecule has 1 N–H and O–H groups in total. The van der Waals surface area contributed by atoms with Crippen molar-refractivity contribution in [2.45, 2.75) is 98.3 Å². The van der Waals surface area contributed by atoms with E-state index in [4.69, 9.17) is 0 Å². The molecule has 4 aliphatic carbocycles. The summed E-state index contributed by atoms with van der Waals surface area (Å²) in [6.45, 7) is 10.3. The van der Waals surface area contributed by atoms with Gasteiger partial charge < -0.3 is 5.11 Å². The van der Waals surface area contributed by atoms with E-state index in [-0.39, 0.29) is 0 Å². The molecule has 2 fully saturated rings. The Labute approximate surface area is 174 Å². The molecule has 0 spiro atoms. The average molecular weight is 385 g/mol. The van der Waals surface area contributed by atoms with Gasteiger partial charge in [-0.25, -0.2) is 0 Å². The standard InChI is InChI=1S/C27H44O/c1-19(18-28)8-7-9-20(2)23-13-14-24-22-12-11-21-10-5-6-16-26(21,3)25(22)15-17-27(23,24)4/h11-12,19-21,23-24,28H,5-10,13-18H2,1-4H3/t19?,20-,21?,23-,24+,26+,27-/m1/s1. The molecule has 0 aromatic rings. The molecule has 4 rings (SSSR count). The van der Waals surface area contributed by atoms with Gasteiger partial charge in [-0.05, 0) is 90.9 Å². The summed E-state index contributed by atoms with van der Waals surface area (Å²) in [7, 11) is 0. The van der Waals surface area contributed by atoms with Crippen LogP contribution in [0.2, 0.25) is 0 Å². The van der Waals surface area contributed by atoms with Crippen LogP contribution in [0.1, 0.15) is 98.3 Å². The Balaban J connectivity index is 1.50. The number of fused-ring (bicyclic) bond motifs is 4. The van der Waals surface area contributed by atoms with Gasteiger partial charge in [0.25, 0.3) is 0 Å². The van der Waals surface area contributed by atoms with E-state index in [0.29, 0.717) is 23.4 Å². The summed E-state index contributed by atoms with van der Waals surface area (Å²) < 4.78 is 0. The fraction of sp³-hybridized carbons (Fsp3) is 0.852. The molecule has 1 heteroatoms. The van der Waals surface area contributed by atoms with Gasteiger partial charge in [0.05, 0.1) is 0 Å². The summed E-state index contributed by atoms with van der Waals surface area (Å²) >= 11 is 0. The van der Waals surface area contributed by atoms with Crippen molar-refractivity contribution in [2.75, 3.05) is 6.61 Å². The Bertz CT molecular complexity index is 630. The summed E-state index contributed by atoms with van der Waals surface area (Å²) in [5.74, 6) is 3.82. The molecule has 0 aliphatic heterocycles. The van der Waals surface area contributed by atoms with E-state index in [1.165, 1.54) is 70.6 Å². The normalized spacial score (nSPS) is 42.0. The van der Waals surface area contributed by atoms with Crippen LogP contribution in [0.5, 0.6) is 0 Å². The molecule has 7 atom stereocenters. The fourth-order valence-electron chi connectivity index (χ4n) is 7.99. The zero-order valence-corrected chi connectivity index (χ0v) is 19.0. The summed E-state index contributed by atoms with van der Waals surface area (Å²) in [6, 6.07) is 0. The molecule has 2 unspecified atom stereocenters. The van der Waals surface area contributed by atoms with E-state index >= 15 is 0 Å². The lowest BCUT2D eigenvalue weighted by Gasteiger charge is -2.52. The Morgan fingerprint density at radius 3 is 2.68 bits per heavy atom. The number of hydrogen-bond donors (Lipinski definition) is 1. The monoisotopic (exact) mass is 384 g/mol. The number of aliphatic hydroxyl groups is 1. The fourth-order valence-corrected chi connectivity index (χ4v) is 7.99. The van der Waals surface area contributed by atoms with Crippen LogP contribution in [-0.4, -0.2) is 11.7 Å². The maximum absolute atomic E-state index is 9.31. The molecule has 0 aromatic carbocycles. The van der Waals surface area contributed by atoms with E-state index in [1.807, 2.05) is 5.57 Å². The van der Waals surface area contributed by atoms with Gasteiger partial charge in [0, 0.05) is 6.61 Å². The molecule has 0 radical (unpaired) electrons. The van der Waals surface area contributed by atoms with Crippen molar-refractivity contribution in [3.05, 3.63) is 23.3 Å². The lowest BCUT2D eigenvalue weighted by atomic mass is 9.52. The van der Waals surface area contributed by atoms with Crippen LogP contribution in [0, 0.1) is 40.4 Å². The summed E-state index contributed by atoms with van der Waals surface area (Å²) in [6.07, 6.45) is 20.4. The van der Waals surface area contributed by atoms with Gasteiger partial charge in [0.2, 0.25) is 0 Å². The Morgan fingerprint density at radius 1 is 1.07 bits per heavy atom. The van der Waals surface area contributed by atoms with E-state index in [1.54, 1.807) is 5.57 Å². The third-order valence-electron chi connectivity index (χ3n) is 9.88. The maximum atomic E-state index is 9.31. The highest BCUT2D eigenvalue weighted by Crippen LogP contribution is 2.64. The topological polar surface area (TPSA) is 20.2 Å². The van der Waals surface area contributed by atoms with Gasteiger partial charge in [-0.1, -0.05) is 71.1 Å². The van der Waals surface area contributed by atoms with Gasteiger partial charge >= 0.3 is 0 Å². The molecule has 1 nitrogen and oxygen atoms in total. The van der Waals surface area contributed by atoms with Gasteiger partial charge in [0.15, 0.2) is 0 Å². The van der Waals surface area contributed by atoms with Crippen LogP contribution < -0.4 is 0 Å². The second-order valence-corrected chi connectivity index (χ2v) is 11.5. The van der Waals surface area contributed by atoms with Crippen molar-refractivity contribution in [3.63, 3.8) is 0 Å². The van der Waals surface area contributed by atoms with Gasteiger partial charge in [-0.15, -0.1) is 0 Å². The van der Waals surface area contributed by atoms with Gasteiger partial charge in [-0.2, -0.15) is 0 Å². The largest absolute Gasteiger partial charge is 0.396 e. The molecule has 0 heterocycles. The molecule has 158 valence electrons. The van der Waals surface area contributed by atoms with Crippen LogP contribution in [0.3, 0.4) is 0 Å². The van der Waals surface area contributed by atoms with Crippen molar-refractivity contribution >= 4 is 0 Å². The van der Waals surface area contributed by atoms with Gasteiger partial charge in [0.1, 0.15) is 0 Å². The minimum atomic E-state index is 0.348. The third-order valence-corrected chi connectivity index (χ3v) is 9.88. The maximum Gasteiger partial charge on any atom is 0.0456 e. The van der Waals surface area contributed by atoms with Crippen LogP contribution in [0.4, 0.5) is 0 Å². The summed E-state index contributed by atoms with van der Waals surface area (Å²) in [5.41, 5.74) is 4.67. The quantitative estimate of drug-likeness (QED) is 0.509. The molecule has 0 aromatic heterocycles. The number of hydrogen-bond acceptors (Lipinski definition) is 1. The Hall–Kier alpha value is -0.560. The number of rotatable bonds is 6. The van der Waals surface area contributed by atoms with E-state index < -0.39 is 0 Å². The molecule has 0 amide bonds. The first-order valence-electron chi connectivity index (χ1n) is 12.4. The Kier molecular flexibility index (Phi) is 5.87. The predicted octanol–water partition coefficient (Wildman–Crippen LogP) is 7.31. The SMILES string of the molecule is CC(CO)CCC[C@@H](C)[C@H]1CC[C@H]2C3=C(CC[C@]12C)[C@@]1(C)CCCCC1C=C3. The Morgan fingerprint density at radius 2 is 1.89 bits per heavy atom. The molecule has 28 heavy (non-hydrogen) atoms. The first kappa shape index (κ1) is 20.7. The van der Waals surface area contributed by atoms with Crippen molar-refractivity contribution in [2.24, 2.45) is 40.4 Å². The van der Waals surface area contributed by atoms with E-state index in [9.17, 15) is 5.11 Å². The first-order chi connectivity index (χ1) is 13.4. The lowest BCUT2D eigenvalue weighted by molar-refractivity contribution is 0.0883. The highest BCUT2D eigenvalue weighted by Gasteiger charge is 2.54. The molecule has 2 saturated carbocycles. The highest BCUT2D eigenvalue weighted by atomic mass is 16.3. The minimum Gasteiger partial charge on any atom is -0.396 e. The van der Waals surface area contributed by atoms with Crippen LogP contribution in [0.25, 0.3) is 0 Å². The van der Waals surface area contributed by atoms with Crippen molar-refractivity contribution in [1.29, 1.82) is 0 Å². The van der Waals surface area contributed by atoms with Crippen LogP contribution in [0.15, 0.2) is 23.3 Å². The summed E-state index contributed by atoms with van der Waals surface area (Å²) in [4.78, 5) is 0. The smallest absolute Gasteiger partial charge is 0.0456 e. The second-order valence-electron chi connectivity index (χ2n) is 11.5. The lowest BCUT2D eigenvalue weighted by Crippen LogP contribution is -2.42. The van der Waals surface area contributed by atoms with Crippen LogP contribution >= 0.6 is 0 Å². The highest BCUT2D eigenvalue weighted by molar-refractivity contribution is 5.42. The molecule has 0 bridgehead atoms. The van der Waals surface area contributed by atoms with Crippen molar-refractivity contribution in [3.8, 4) is 0 Å². The summed E-state index contributed by atoms with van der Waals surface area (Å²) in [5, 5.41) is 9.31. The molecular formula is C27H44O. The van der Waals surface area contributed by atoms with Crippen molar-refractivity contribution < 1.29 is 5.11 Å². The molecule has 4 aliphatic rings.